The van der Waals surface area contributed by atoms with E-state index < -0.39 is 29.2 Å². The SMILES string of the molecule is CC.CC.CCOC(=O)C(=O)C1C(=O)CCCC1=O. The summed E-state index contributed by atoms with van der Waals surface area (Å²) < 4.78 is 4.46. The molecule has 1 aliphatic carbocycles. The van der Waals surface area contributed by atoms with Crippen LogP contribution in [0.1, 0.15) is 53.9 Å². The lowest BCUT2D eigenvalue weighted by molar-refractivity contribution is -0.159. The molecular weight excluding hydrogens is 248 g/mol. The summed E-state index contributed by atoms with van der Waals surface area (Å²) in [6.07, 6.45) is 0.827. The summed E-state index contributed by atoms with van der Waals surface area (Å²) in [4.78, 5) is 45.1. The lowest BCUT2D eigenvalue weighted by Gasteiger charge is -2.16. The van der Waals surface area contributed by atoms with Gasteiger partial charge in [-0.15, -0.1) is 0 Å². The van der Waals surface area contributed by atoms with E-state index in [-0.39, 0.29) is 19.4 Å². The van der Waals surface area contributed by atoms with E-state index in [2.05, 4.69) is 4.74 Å². The lowest BCUT2D eigenvalue weighted by Crippen LogP contribution is -2.39. The van der Waals surface area contributed by atoms with Crippen molar-refractivity contribution in [3.8, 4) is 0 Å². The first-order valence-corrected chi connectivity index (χ1v) is 6.84. The molecule has 0 radical (unpaired) electrons. The van der Waals surface area contributed by atoms with E-state index in [0.717, 1.165) is 0 Å². The molecule has 0 aromatic rings. The van der Waals surface area contributed by atoms with Gasteiger partial charge in [-0.25, -0.2) is 4.79 Å². The molecule has 0 spiro atoms. The van der Waals surface area contributed by atoms with Gasteiger partial charge < -0.3 is 4.74 Å². The monoisotopic (exact) mass is 272 g/mol. The Bertz CT molecular complexity index is 304. The predicted molar refractivity (Wildman–Crippen MR) is 71.7 cm³/mol. The van der Waals surface area contributed by atoms with Crippen molar-refractivity contribution in [2.75, 3.05) is 6.61 Å². The van der Waals surface area contributed by atoms with E-state index in [9.17, 15) is 19.2 Å². The summed E-state index contributed by atoms with van der Waals surface area (Å²) in [5.41, 5.74) is 0. The van der Waals surface area contributed by atoms with Crippen molar-refractivity contribution in [2.45, 2.75) is 53.9 Å². The number of ether oxygens (including phenoxy) is 1. The zero-order chi connectivity index (χ0) is 15.4. The molecule has 0 bridgehead atoms. The summed E-state index contributed by atoms with van der Waals surface area (Å²) in [5.74, 6) is -4.45. The van der Waals surface area contributed by atoms with Gasteiger partial charge in [0, 0.05) is 12.8 Å². The average molecular weight is 272 g/mol. The maximum absolute atomic E-state index is 11.4. The first-order valence-electron chi connectivity index (χ1n) is 6.84. The van der Waals surface area contributed by atoms with Crippen LogP contribution < -0.4 is 0 Å². The minimum absolute atomic E-state index is 0.0552. The predicted octanol–water partition coefficient (Wildman–Crippen LogP) is 2.11. The maximum Gasteiger partial charge on any atom is 0.375 e. The van der Waals surface area contributed by atoms with E-state index in [4.69, 9.17) is 0 Å². The third-order valence-electron chi connectivity index (χ3n) is 2.23. The Morgan fingerprint density at radius 1 is 1.05 bits per heavy atom. The molecule has 0 heterocycles. The molecule has 0 saturated heterocycles. The van der Waals surface area contributed by atoms with Crippen LogP contribution in [0.4, 0.5) is 0 Å². The summed E-state index contributed by atoms with van der Waals surface area (Å²) in [6, 6.07) is 0. The summed E-state index contributed by atoms with van der Waals surface area (Å²) in [7, 11) is 0. The molecule has 0 N–H and O–H groups in total. The first kappa shape index (κ1) is 19.8. The normalized spacial score (nSPS) is 14.6. The molecule has 0 unspecified atom stereocenters. The van der Waals surface area contributed by atoms with Gasteiger partial charge in [0.25, 0.3) is 5.78 Å². The van der Waals surface area contributed by atoms with Gasteiger partial charge >= 0.3 is 5.97 Å². The molecule has 19 heavy (non-hydrogen) atoms. The highest BCUT2D eigenvalue weighted by Gasteiger charge is 2.39. The minimum atomic E-state index is -1.40. The van der Waals surface area contributed by atoms with Gasteiger partial charge in [-0.2, -0.15) is 0 Å². The van der Waals surface area contributed by atoms with Crippen LogP contribution in [-0.4, -0.2) is 29.9 Å². The van der Waals surface area contributed by atoms with Gasteiger partial charge in [-0.05, 0) is 13.3 Å². The molecule has 0 aromatic carbocycles. The van der Waals surface area contributed by atoms with Crippen LogP contribution in [0.25, 0.3) is 0 Å². The fraction of sp³-hybridized carbons (Fsp3) is 0.714. The van der Waals surface area contributed by atoms with Gasteiger partial charge in [-0.1, -0.05) is 27.7 Å². The van der Waals surface area contributed by atoms with Crippen LogP contribution in [0.2, 0.25) is 0 Å². The topological polar surface area (TPSA) is 77.5 Å². The van der Waals surface area contributed by atoms with Crippen molar-refractivity contribution in [3.63, 3.8) is 0 Å². The first-order chi connectivity index (χ1) is 9.07. The van der Waals surface area contributed by atoms with Crippen LogP contribution >= 0.6 is 0 Å². The third-order valence-corrected chi connectivity index (χ3v) is 2.23. The number of esters is 1. The second-order valence-electron chi connectivity index (χ2n) is 3.30. The Balaban J connectivity index is 0. The lowest BCUT2D eigenvalue weighted by atomic mass is 9.84. The van der Waals surface area contributed by atoms with E-state index in [0.29, 0.717) is 6.42 Å². The van der Waals surface area contributed by atoms with Crippen LogP contribution in [-0.2, 0) is 23.9 Å². The molecule has 110 valence electrons. The third kappa shape index (κ3) is 6.27. The molecular formula is C14H24O5. The maximum atomic E-state index is 11.4. The molecule has 0 aromatic heterocycles. The highest BCUT2D eigenvalue weighted by molar-refractivity contribution is 6.44. The zero-order valence-electron chi connectivity index (χ0n) is 12.4. The number of carbonyl (C=O) groups is 4. The highest BCUT2D eigenvalue weighted by Crippen LogP contribution is 2.18. The van der Waals surface area contributed by atoms with Crippen LogP contribution in [0, 0.1) is 5.92 Å². The molecule has 5 heteroatoms. The van der Waals surface area contributed by atoms with Gasteiger partial charge in [0.15, 0.2) is 11.6 Å². The fourth-order valence-electron chi connectivity index (χ4n) is 1.52. The second-order valence-corrected chi connectivity index (χ2v) is 3.30. The van der Waals surface area contributed by atoms with Crippen molar-refractivity contribution in [1.82, 2.24) is 0 Å². The highest BCUT2D eigenvalue weighted by atomic mass is 16.5. The second kappa shape index (κ2) is 11.6. The number of Topliss-reactive ketones (excluding diaryl/α,β-unsaturated/α-hetero) is 3. The van der Waals surface area contributed by atoms with Crippen LogP contribution in [0.15, 0.2) is 0 Å². The molecule has 1 rings (SSSR count). The molecule has 1 saturated carbocycles. The van der Waals surface area contributed by atoms with Gasteiger partial charge in [0.2, 0.25) is 0 Å². The number of rotatable bonds is 3. The number of hydrogen-bond donors (Lipinski definition) is 0. The zero-order valence-corrected chi connectivity index (χ0v) is 12.4. The Kier molecular flexibility index (Phi) is 12.1. The van der Waals surface area contributed by atoms with Gasteiger partial charge in [-0.3, -0.25) is 14.4 Å². The van der Waals surface area contributed by atoms with Crippen LogP contribution in [0.5, 0.6) is 0 Å². The average Bonchev–Trinajstić information content (AvgIpc) is 2.43. The Morgan fingerprint density at radius 2 is 1.47 bits per heavy atom. The number of ketones is 3. The molecule has 0 aliphatic heterocycles. The Hall–Kier alpha value is -1.52. The number of hydrogen-bond acceptors (Lipinski definition) is 5. The largest absolute Gasteiger partial charge is 0.460 e. The summed E-state index contributed by atoms with van der Waals surface area (Å²) >= 11 is 0. The molecule has 1 aliphatic rings. The van der Waals surface area contributed by atoms with Crippen molar-refractivity contribution >= 4 is 23.3 Å². The molecule has 0 atom stereocenters. The van der Waals surface area contributed by atoms with E-state index in [1.54, 1.807) is 6.92 Å². The van der Waals surface area contributed by atoms with Gasteiger partial charge in [0.05, 0.1) is 6.61 Å². The fourth-order valence-corrected chi connectivity index (χ4v) is 1.52. The Morgan fingerprint density at radius 3 is 1.84 bits per heavy atom. The smallest absolute Gasteiger partial charge is 0.375 e. The standard InChI is InChI=1S/C10H12O5.2C2H6/c1-2-15-10(14)9(13)8-6(11)4-3-5-7(8)12;2*1-2/h8H,2-5H2,1H3;2*1-2H3. The van der Waals surface area contributed by atoms with Crippen LogP contribution in [0.3, 0.4) is 0 Å². The van der Waals surface area contributed by atoms with Gasteiger partial charge in [0.1, 0.15) is 5.92 Å². The summed E-state index contributed by atoms with van der Waals surface area (Å²) in [5, 5.41) is 0. The van der Waals surface area contributed by atoms with E-state index in [1.165, 1.54) is 0 Å². The Labute approximate surface area is 114 Å². The van der Waals surface area contributed by atoms with Crippen molar-refractivity contribution in [3.05, 3.63) is 0 Å². The minimum Gasteiger partial charge on any atom is -0.460 e. The number of carbonyl (C=O) groups excluding carboxylic acids is 4. The molecule has 5 nitrogen and oxygen atoms in total. The quantitative estimate of drug-likeness (QED) is 0.446. The molecule has 1 fully saturated rings. The molecule has 0 amide bonds. The summed E-state index contributed by atoms with van der Waals surface area (Å²) in [6.45, 7) is 9.61. The van der Waals surface area contributed by atoms with Crippen molar-refractivity contribution in [2.24, 2.45) is 5.92 Å². The van der Waals surface area contributed by atoms with E-state index >= 15 is 0 Å². The van der Waals surface area contributed by atoms with E-state index in [1.807, 2.05) is 27.7 Å². The van der Waals surface area contributed by atoms with Crippen molar-refractivity contribution < 1.29 is 23.9 Å². The van der Waals surface area contributed by atoms with Crippen molar-refractivity contribution in [1.29, 1.82) is 0 Å².